The highest BCUT2D eigenvalue weighted by Crippen LogP contribution is 2.39. The normalized spacial score (nSPS) is 23.2. The molecular formula is C11H21ClN2O2. The van der Waals surface area contributed by atoms with Crippen LogP contribution in [0.5, 0.6) is 0 Å². The summed E-state index contributed by atoms with van der Waals surface area (Å²) in [5.41, 5.74) is 0.377. The average Bonchev–Trinajstić information content (AvgIpc) is 2.64. The third-order valence-electron chi connectivity index (χ3n) is 3.67. The number of carbonyl (C=O) groups is 1. The zero-order valence-electron chi connectivity index (χ0n) is 9.83. The van der Waals surface area contributed by atoms with E-state index in [1.54, 1.807) is 0 Å². The number of amides is 1. The molecule has 4 nitrogen and oxygen atoms in total. The zero-order chi connectivity index (χ0) is 10.7. The van der Waals surface area contributed by atoms with Gasteiger partial charge in [0.05, 0.1) is 6.54 Å². The highest BCUT2D eigenvalue weighted by atomic mass is 35.5. The number of hydrogen-bond acceptors (Lipinski definition) is 3. The van der Waals surface area contributed by atoms with E-state index in [-0.39, 0.29) is 18.3 Å². The van der Waals surface area contributed by atoms with E-state index in [9.17, 15) is 4.79 Å². The molecule has 2 saturated heterocycles. The summed E-state index contributed by atoms with van der Waals surface area (Å²) < 4.78 is 5.38. The Morgan fingerprint density at radius 2 is 2.06 bits per heavy atom. The molecule has 1 N–H and O–H groups in total. The fourth-order valence-electron chi connectivity index (χ4n) is 2.62. The first kappa shape index (κ1) is 13.7. The number of nitrogens with zero attached hydrogens (tertiary/aromatic N) is 1. The molecule has 1 spiro atoms. The van der Waals surface area contributed by atoms with Crippen LogP contribution in [0.3, 0.4) is 0 Å². The Kier molecular flexibility index (Phi) is 5.02. The van der Waals surface area contributed by atoms with Crippen LogP contribution in [0.25, 0.3) is 0 Å². The number of halogens is 1. The predicted octanol–water partition coefficient (Wildman–Crippen LogP) is 0.657. The molecule has 0 bridgehead atoms. The lowest BCUT2D eigenvalue weighted by atomic mass is 9.80. The second-order valence-electron chi connectivity index (χ2n) is 4.71. The van der Waals surface area contributed by atoms with Crippen molar-refractivity contribution in [2.45, 2.75) is 19.3 Å². The SMILES string of the molecule is CNCC(=O)N1CCC2(CCOCC2)C1.Cl. The molecule has 0 aromatic heterocycles. The number of likely N-dealkylation sites (N-methyl/N-ethyl adjacent to an activating group) is 1. The quantitative estimate of drug-likeness (QED) is 0.781. The van der Waals surface area contributed by atoms with Gasteiger partial charge in [0.2, 0.25) is 5.91 Å². The number of rotatable bonds is 2. The molecule has 1 amide bonds. The molecule has 2 rings (SSSR count). The minimum absolute atomic E-state index is 0. The molecule has 5 heteroatoms. The van der Waals surface area contributed by atoms with Gasteiger partial charge in [-0.15, -0.1) is 12.4 Å². The number of likely N-dealkylation sites (tertiary alicyclic amines) is 1. The Balaban J connectivity index is 0.00000128. The van der Waals surface area contributed by atoms with Crippen LogP contribution in [-0.4, -0.2) is 50.7 Å². The van der Waals surface area contributed by atoms with E-state index in [1.165, 1.54) is 0 Å². The van der Waals surface area contributed by atoms with Crippen LogP contribution in [-0.2, 0) is 9.53 Å². The van der Waals surface area contributed by atoms with E-state index < -0.39 is 0 Å². The standard InChI is InChI=1S/C11H20N2O2.ClH/c1-12-8-10(14)13-5-2-11(9-13)3-6-15-7-4-11;/h12H,2-9H2,1H3;1H. The lowest BCUT2D eigenvalue weighted by molar-refractivity contribution is -0.129. The highest BCUT2D eigenvalue weighted by Gasteiger charge is 2.40. The number of carbonyl (C=O) groups excluding carboxylic acids is 1. The second-order valence-corrected chi connectivity index (χ2v) is 4.71. The van der Waals surface area contributed by atoms with E-state index in [4.69, 9.17) is 4.74 Å². The molecule has 0 unspecified atom stereocenters. The van der Waals surface area contributed by atoms with E-state index >= 15 is 0 Å². The first-order valence-corrected chi connectivity index (χ1v) is 5.76. The maximum Gasteiger partial charge on any atom is 0.236 e. The van der Waals surface area contributed by atoms with Crippen LogP contribution in [0.1, 0.15) is 19.3 Å². The molecule has 0 aromatic rings. The largest absolute Gasteiger partial charge is 0.381 e. The summed E-state index contributed by atoms with van der Waals surface area (Å²) in [5, 5.41) is 2.92. The predicted molar refractivity (Wildman–Crippen MR) is 64.9 cm³/mol. The van der Waals surface area contributed by atoms with E-state index in [0.29, 0.717) is 12.0 Å². The van der Waals surface area contributed by atoms with Gasteiger partial charge in [0.1, 0.15) is 0 Å². The summed E-state index contributed by atoms with van der Waals surface area (Å²) in [7, 11) is 1.82. The summed E-state index contributed by atoms with van der Waals surface area (Å²) in [6, 6.07) is 0. The third-order valence-corrected chi connectivity index (χ3v) is 3.67. The van der Waals surface area contributed by atoms with Crippen molar-refractivity contribution in [2.24, 2.45) is 5.41 Å². The van der Waals surface area contributed by atoms with Gasteiger partial charge < -0.3 is 15.0 Å². The first-order chi connectivity index (χ1) is 7.26. The lowest BCUT2D eigenvalue weighted by Gasteiger charge is -2.33. The molecule has 16 heavy (non-hydrogen) atoms. The molecule has 0 aliphatic carbocycles. The van der Waals surface area contributed by atoms with Gasteiger partial charge in [0.15, 0.2) is 0 Å². The number of nitrogens with one attached hydrogen (secondary N) is 1. The van der Waals surface area contributed by atoms with E-state index in [1.807, 2.05) is 11.9 Å². The molecule has 0 atom stereocenters. The van der Waals surface area contributed by atoms with Gasteiger partial charge in [0.25, 0.3) is 0 Å². The topological polar surface area (TPSA) is 41.6 Å². The first-order valence-electron chi connectivity index (χ1n) is 5.76. The van der Waals surface area contributed by atoms with Crippen LogP contribution in [0.15, 0.2) is 0 Å². The molecule has 2 heterocycles. The van der Waals surface area contributed by atoms with E-state index in [0.717, 1.165) is 45.6 Å². The minimum Gasteiger partial charge on any atom is -0.381 e. The Bertz CT molecular complexity index is 242. The fraction of sp³-hybridized carbons (Fsp3) is 0.909. The maximum atomic E-state index is 11.7. The Labute approximate surface area is 103 Å². The summed E-state index contributed by atoms with van der Waals surface area (Å²) in [4.78, 5) is 13.7. The van der Waals surface area contributed by atoms with Gasteiger partial charge >= 0.3 is 0 Å². The van der Waals surface area contributed by atoms with Gasteiger partial charge in [0, 0.05) is 26.3 Å². The maximum absolute atomic E-state index is 11.7. The number of ether oxygens (including phenoxy) is 1. The van der Waals surface area contributed by atoms with Crippen LogP contribution < -0.4 is 5.32 Å². The minimum atomic E-state index is 0. The van der Waals surface area contributed by atoms with Gasteiger partial charge in [-0.2, -0.15) is 0 Å². The number of hydrogen-bond donors (Lipinski definition) is 1. The average molecular weight is 249 g/mol. The summed E-state index contributed by atoms with van der Waals surface area (Å²) in [6.07, 6.45) is 3.40. The van der Waals surface area contributed by atoms with Crippen molar-refractivity contribution in [1.29, 1.82) is 0 Å². The van der Waals surface area contributed by atoms with Crippen molar-refractivity contribution < 1.29 is 9.53 Å². The molecular weight excluding hydrogens is 228 g/mol. The monoisotopic (exact) mass is 248 g/mol. The highest BCUT2D eigenvalue weighted by molar-refractivity contribution is 5.85. The van der Waals surface area contributed by atoms with Crippen molar-refractivity contribution in [1.82, 2.24) is 10.2 Å². The van der Waals surface area contributed by atoms with E-state index in [2.05, 4.69) is 5.32 Å². The lowest BCUT2D eigenvalue weighted by Crippen LogP contribution is -2.38. The van der Waals surface area contributed by atoms with Crippen molar-refractivity contribution >= 4 is 18.3 Å². The van der Waals surface area contributed by atoms with Crippen molar-refractivity contribution in [2.75, 3.05) is 39.9 Å². The molecule has 2 fully saturated rings. The third kappa shape index (κ3) is 2.87. The Morgan fingerprint density at radius 1 is 1.38 bits per heavy atom. The van der Waals surface area contributed by atoms with Crippen molar-refractivity contribution in [3.63, 3.8) is 0 Å². The van der Waals surface area contributed by atoms with Gasteiger partial charge in [-0.05, 0) is 31.7 Å². The van der Waals surface area contributed by atoms with Crippen LogP contribution in [0.2, 0.25) is 0 Å². The van der Waals surface area contributed by atoms with Gasteiger partial charge in [-0.3, -0.25) is 4.79 Å². The van der Waals surface area contributed by atoms with Crippen molar-refractivity contribution in [3.8, 4) is 0 Å². The summed E-state index contributed by atoms with van der Waals surface area (Å²) >= 11 is 0. The molecule has 0 radical (unpaired) electrons. The smallest absolute Gasteiger partial charge is 0.236 e. The van der Waals surface area contributed by atoms with Crippen LogP contribution in [0, 0.1) is 5.41 Å². The molecule has 2 aliphatic heterocycles. The zero-order valence-corrected chi connectivity index (χ0v) is 10.6. The summed E-state index contributed by atoms with van der Waals surface area (Å²) in [5.74, 6) is 0.237. The molecule has 94 valence electrons. The Morgan fingerprint density at radius 3 is 2.69 bits per heavy atom. The van der Waals surface area contributed by atoms with Gasteiger partial charge in [-0.25, -0.2) is 0 Å². The molecule has 2 aliphatic rings. The molecule has 0 saturated carbocycles. The second kappa shape index (κ2) is 5.84. The van der Waals surface area contributed by atoms with Crippen molar-refractivity contribution in [3.05, 3.63) is 0 Å². The van der Waals surface area contributed by atoms with Crippen LogP contribution in [0.4, 0.5) is 0 Å². The Hall–Kier alpha value is -0.320. The van der Waals surface area contributed by atoms with Gasteiger partial charge in [-0.1, -0.05) is 0 Å². The van der Waals surface area contributed by atoms with Crippen LogP contribution >= 0.6 is 12.4 Å². The fourth-order valence-corrected chi connectivity index (χ4v) is 2.62. The molecule has 0 aromatic carbocycles. The summed E-state index contributed by atoms with van der Waals surface area (Å²) in [6.45, 7) is 4.08.